The minimum atomic E-state index is -0.997. The maximum Gasteiger partial charge on any atom is 0.340 e. The van der Waals surface area contributed by atoms with Gasteiger partial charge >= 0.3 is 5.97 Å². The molecule has 0 amide bonds. The van der Waals surface area contributed by atoms with Gasteiger partial charge in [-0.1, -0.05) is 0 Å². The molecule has 0 aliphatic rings. The second kappa shape index (κ2) is 6.43. The lowest BCUT2D eigenvalue weighted by molar-refractivity contribution is 0.0318. The highest BCUT2D eigenvalue weighted by Gasteiger charge is 2.21. The Morgan fingerprint density at radius 2 is 1.88 bits per heavy atom. The Kier molecular flexibility index (Phi) is 4.31. The van der Waals surface area contributed by atoms with Crippen LogP contribution in [0.15, 0.2) is 36.5 Å². The van der Waals surface area contributed by atoms with Gasteiger partial charge in [0.2, 0.25) is 5.78 Å². The van der Waals surface area contributed by atoms with Crippen molar-refractivity contribution in [1.82, 2.24) is 14.8 Å². The van der Waals surface area contributed by atoms with Crippen LogP contribution in [-0.4, -0.2) is 32.6 Å². The van der Waals surface area contributed by atoms with Gasteiger partial charge in [-0.25, -0.2) is 14.2 Å². The predicted molar refractivity (Wildman–Crippen MR) is 88.9 cm³/mol. The number of benzene rings is 1. The number of halogens is 1. The van der Waals surface area contributed by atoms with Gasteiger partial charge in [0.15, 0.2) is 11.8 Å². The standard InChI is InChI=1S/C18H16FN3O3/c1-10-15-8-13(9-20-17(15)22(3)21-10)18(24)25-11(2)16(23)12-4-6-14(19)7-5-12/h4-9,11H,1-3H3. The number of pyridine rings is 1. The van der Waals surface area contributed by atoms with Crippen LogP contribution in [0, 0.1) is 12.7 Å². The largest absolute Gasteiger partial charge is 0.451 e. The van der Waals surface area contributed by atoms with Crippen molar-refractivity contribution >= 4 is 22.8 Å². The molecule has 3 aromatic rings. The number of esters is 1. The van der Waals surface area contributed by atoms with E-state index in [1.165, 1.54) is 37.4 Å². The highest BCUT2D eigenvalue weighted by molar-refractivity contribution is 6.01. The zero-order valence-corrected chi connectivity index (χ0v) is 14.0. The van der Waals surface area contributed by atoms with Gasteiger partial charge in [0.05, 0.1) is 11.3 Å². The number of hydrogen-bond acceptors (Lipinski definition) is 5. The third kappa shape index (κ3) is 3.26. The van der Waals surface area contributed by atoms with Crippen LogP contribution in [-0.2, 0) is 11.8 Å². The summed E-state index contributed by atoms with van der Waals surface area (Å²) < 4.78 is 19.8. The smallest absolute Gasteiger partial charge is 0.340 e. The average molecular weight is 341 g/mol. The van der Waals surface area contributed by atoms with Gasteiger partial charge in [-0.3, -0.25) is 9.48 Å². The number of carbonyl (C=O) groups is 2. The van der Waals surface area contributed by atoms with Crippen LogP contribution in [0.1, 0.15) is 33.3 Å². The van der Waals surface area contributed by atoms with Crippen LogP contribution in [0.25, 0.3) is 11.0 Å². The van der Waals surface area contributed by atoms with Crippen LogP contribution >= 0.6 is 0 Å². The Morgan fingerprint density at radius 3 is 2.56 bits per heavy atom. The summed E-state index contributed by atoms with van der Waals surface area (Å²) in [5.41, 5.74) is 1.92. The summed E-state index contributed by atoms with van der Waals surface area (Å²) in [4.78, 5) is 28.8. The molecule has 0 aliphatic heterocycles. The second-order valence-electron chi connectivity index (χ2n) is 5.72. The maximum atomic E-state index is 12.9. The topological polar surface area (TPSA) is 74.1 Å². The Bertz CT molecular complexity index is 964. The molecule has 1 unspecified atom stereocenters. The number of ketones is 1. The molecule has 0 saturated heterocycles. The van der Waals surface area contributed by atoms with Gasteiger partial charge in [-0.05, 0) is 44.2 Å². The molecule has 1 atom stereocenters. The monoisotopic (exact) mass is 341 g/mol. The molecule has 2 heterocycles. The third-order valence-electron chi connectivity index (χ3n) is 3.88. The number of hydrogen-bond donors (Lipinski definition) is 0. The number of nitrogens with zero attached hydrogens (tertiary/aromatic N) is 3. The average Bonchev–Trinajstić information content (AvgIpc) is 2.88. The van der Waals surface area contributed by atoms with Gasteiger partial charge in [0.25, 0.3) is 0 Å². The highest BCUT2D eigenvalue weighted by Crippen LogP contribution is 2.18. The van der Waals surface area contributed by atoms with Gasteiger partial charge < -0.3 is 4.74 Å². The Labute approximate surface area is 143 Å². The van der Waals surface area contributed by atoms with Crippen LogP contribution in [0.2, 0.25) is 0 Å². The quantitative estimate of drug-likeness (QED) is 0.539. The zero-order chi connectivity index (χ0) is 18.1. The fourth-order valence-corrected chi connectivity index (χ4v) is 2.55. The lowest BCUT2D eigenvalue weighted by Gasteiger charge is -2.12. The number of fused-ring (bicyclic) bond motifs is 1. The zero-order valence-electron chi connectivity index (χ0n) is 14.0. The summed E-state index contributed by atoms with van der Waals surface area (Å²) in [6.45, 7) is 3.30. The van der Waals surface area contributed by atoms with Crippen LogP contribution < -0.4 is 0 Å². The fourth-order valence-electron chi connectivity index (χ4n) is 2.55. The summed E-state index contributed by atoms with van der Waals surface area (Å²) in [7, 11) is 1.77. The van der Waals surface area contributed by atoms with Crippen molar-refractivity contribution in [2.75, 3.05) is 0 Å². The van der Waals surface area contributed by atoms with Crippen molar-refractivity contribution in [3.8, 4) is 0 Å². The molecule has 1 aromatic carbocycles. The van der Waals surface area contributed by atoms with E-state index in [4.69, 9.17) is 4.74 Å². The van der Waals surface area contributed by atoms with Gasteiger partial charge in [0, 0.05) is 24.2 Å². The van der Waals surface area contributed by atoms with Crippen molar-refractivity contribution < 1.29 is 18.7 Å². The summed E-state index contributed by atoms with van der Waals surface area (Å²) in [6, 6.07) is 6.72. The highest BCUT2D eigenvalue weighted by atomic mass is 19.1. The molecule has 25 heavy (non-hydrogen) atoms. The number of carbonyl (C=O) groups excluding carboxylic acids is 2. The van der Waals surface area contributed by atoms with E-state index in [9.17, 15) is 14.0 Å². The molecule has 6 nitrogen and oxygen atoms in total. The maximum absolute atomic E-state index is 12.9. The molecule has 0 spiro atoms. The summed E-state index contributed by atoms with van der Waals surface area (Å²) in [5.74, 6) is -1.49. The lowest BCUT2D eigenvalue weighted by atomic mass is 10.1. The number of aryl methyl sites for hydroxylation is 2. The number of rotatable bonds is 4. The Morgan fingerprint density at radius 1 is 1.20 bits per heavy atom. The van der Waals surface area contributed by atoms with Crippen molar-refractivity contribution in [3.05, 3.63) is 59.2 Å². The van der Waals surface area contributed by atoms with E-state index >= 15 is 0 Å². The van der Waals surface area contributed by atoms with E-state index in [0.717, 1.165) is 11.1 Å². The lowest BCUT2D eigenvalue weighted by Crippen LogP contribution is -2.24. The molecule has 0 fully saturated rings. The van der Waals surface area contributed by atoms with Gasteiger partial charge in [0.1, 0.15) is 5.82 Å². The SMILES string of the molecule is Cc1nn(C)c2ncc(C(=O)OC(C)C(=O)c3ccc(F)cc3)cc12. The first-order chi connectivity index (χ1) is 11.9. The van der Waals surface area contributed by atoms with E-state index in [-0.39, 0.29) is 11.1 Å². The van der Waals surface area contributed by atoms with Crippen LogP contribution in [0.4, 0.5) is 4.39 Å². The van der Waals surface area contributed by atoms with Gasteiger partial charge in [-0.15, -0.1) is 0 Å². The second-order valence-corrected chi connectivity index (χ2v) is 5.72. The molecule has 0 saturated carbocycles. The first kappa shape index (κ1) is 16.8. The first-order valence-electron chi connectivity index (χ1n) is 7.67. The molecule has 0 N–H and O–H groups in total. The van der Waals surface area contributed by atoms with E-state index in [2.05, 4.69) is 10.1 Å². The van der Waals surface area contributed by atoms with E-state index < -0.39 is 23.7 Å². The number of ether oxygens (including phenoxy) is 1. The molecule has 0 bridgehead atoms. The minimum Gasteiger partial charge on any atom is -0.451 e. The Hall–Kier alpha value is -3.09. The molecular weight excluding hydrogens is 325 g/mol. The molecule has 128 valence electrons. The van der Waals surface area contributed by atoms with Gasteiger partial charge in [-0.2, -0.15) is 5.10 Å². The predicted octanol–water partition coefficient (Wildman–Crippen LogP) is 2.84. The van der Waals surface area contributed by atoms with E-state index in [1.807, 2.05) is 6.92 Å². The summed E-state index contributed by atoms with van der Waals surface area (Å²) >= 11 is 0. The number of aromatic nitrogens is 3. The van der Waals surface area contributed by atoms with Crippen LogP contribution in [0.5, 0.6) is 0 Å². The minimum absolute atomic E-state index is 0.238. The molecule has 2 aromatic heterocycles. The first-order valence-corrected chi connectivity index (χ1v) is 7.67. The number of Topliss-reactive ketones (excluding diaryl/α,β-unsaturated/α-hetero) is 1. The molecular formula is C18H16FN3O3. The molecule has 0 aliphatic carbocycles. The van der Waals surface area contributed by atoms with E-state index in [1.54, 1.807) is 17.8 Å². The van der Waals surface area contributed by atoms with Crippen molar-refractivity contribution in [1.29, 1.82) is 0 Å². The molecule has 0 radical (unpaired) electrons. The molecule has 3 rings (SSSR count). The summed E-state index contributed by atoms with van der Waals surface area (Å²) in [5, 5.41) is 4.99. The van der Waals surface area contributed by atoms with Crippen molar-refractivity contribution in [2.24, 2.45) is 7.05 Å². The van der Waals surface area contributed by atoms with Crippen LogP contribution in [0.3, 0.4) is 0 Å². The summed E-state index contributed by atoms with van der Waals surface area (Å²) in [6.07, 6.45) is 0.393. The third-order valence-corrected chi connectivity index (χ3v) is 3.88. The normalized spacial score (nSPS) is 12.2. The molecule has 7 heteroatoms. The van der Waals surface area contributed by atoms with Crippen molar-refractivity contribution in [2.45, 2.75) is 20.0 Å². The van der Waals surface area contributed by atoms with Crippen molar-refractivity contribution in [3.63, 3.8) is 0 Å². The van der Waals surface area contributed by atoms with E-state index in [0.29, 0.717) is 5.65 Å². The Balaban J connectivity index is 1.78. The fraction of sp³-hybridized carbons (Fsp3) is 0.222.